The average molecular weight is 377 g/mol. The molecule has 0 bridgehead atoms. The number of aliphatic hydroxyl groups excluding tert-OH is 1. The first-order valence-corrected chi connectivity index (χ1v) is 9.15. The van der Waals surface area contributed by atoms with Gasteiger partial charge in [-0.15, -0.1) is 0 Å². The van der Waals surface area contributed by atoms with Crippen molar-refractivity contribution in [2.45, 2.75) is 36.3 Å². The Hall–Kier alpha value is -0.470. The Bertz CT molecular complexity index is 613. The van der Waals surface area contributed by atoms with Gasteiger partial charge < -0.3 is 10.0 Å². The number of rotatable bonds is 6. The second kappa shape index (κ2) is 6.34. The van der Waals surface area contributed by atoms with E-state index in [9.17, 15) is 8.42 Å². The summed E-state index contributed by atoms with van der Waals surface area (Å²) < 4.78 is 28.1. The largest absolute Gasteiger partial charge is 0.392 e. The number of halogens is 1. The van der Waals surface area contributed by atoms with Crippen LogP contribution in [-0.4, -0.2) is 44.6 Å². The highest BCUT2D eigenvalue weighted by Crippen LogP contribution is 2.36. The van der Waals surface area contributed by atoms with E-state index in [4.69, 9.17) is 5.11 Å². The van der Waals surface area contributed by atoms with Crippen molar-refractivity contribution >= 4 is 26.0 Å². The van der Waals surface area contributed by atoms with Gasteiger partial charge in [-0.25, -0.2) is 13.1 Å². The molecule has 1 fully saturated rings. The van der Waals surface area contributed by atoms with Crippen LogP contribution in [0.4, 0.5) is 0 Å². The second-order valence-corrected chi connectivity index (χ2v) is 8.31. The number of hydrogen-bond acceptors (Lipinski definition) is 4. The number of likely N-dealkylation sites (N-methyl/N-ethyl adjacent to an activating group) is 1. The van der Waals surface area contributed by atoms with Crippen molar-refractivity contribution in [1.82, 2.24) is 9.62 Å². The molecule has 2 rings (SSSR count). The molecule has 0 aliphatic heterocycles. The maximum absolute atomic E-state index is 12.4. The molecule has 7 heteroatoms. The zero-order valence-electron chi connectivity index (χ0n) is 12.3. The molecule has 0 radical (unpaired) electrons. The lowest BCUT2D eigenvalue weighted by Gasteiger charge is -2.47. The Morgan fingerprint density at radius 2 is 2.05 bits per heavy atom. The van der Waals surface area contributed by atoms with Crippen LogP contribution in [0.3, 0.4) is 0 Å². The van der Waals surface area contributed by atoms with Crippen LogP contribution in [0.1, 0.15) is 24.8 Å². The van der Waals surface area contributed by atoms with Crippen LogP contribution in [0.25, 0.3) is 0 Å². The van der Waals surface area contributed by atoms with Crippen LogP contribution in [0.15, 0.2) is 27.6 Å². The van der Waals surface area contributed by atoms with Crippen molar-refractivity contribution in [1.29, 1.82) is 0 Å². The fourth-order valence-electron chi connectivity index (χ4n) is 2.53. The maximum atomic E-state index is 12.4. The molecule has 0 heterocycles. The van der Waals surface area contributed by atoms with Crippen molar-refractivity contribution in [3.63, 3.8) is 0 Å². The van der Waals surface area contributed by atoms with Gasteiger partial charge in [0.25, 0.3) is 0 Å². The Kier molecular flexibility index (Phi) is 5.10. The van der Waals surface area contributed by atoms with Crippen LogP contribution >= 0.6 is 15.9 Å². The van der Waals surface area contributed by atoms with E-state index in [0.717, 1.165) is 19.3 Å². The summed E-state index contributed by atoms with van der Waals surface area (Å²) in [4.78, 5) is 2.30. The third-order valence-electron chi connectivity index (χ3n) is 4.29. The van der Waals surface area contributed by atoms with E-state index >= 15 is 0 Å². The third-order valence-corrected chi connectivity index (χ3v) is 6.67. The zero-order valence-corrected chi connectivity index (χ0v) is 14.7. The van der Waals surface area contributed by atoms with Gasteiger partial charge in [0.15, 0.2) is 0 Å². The van der Waals surface area contributed by atoms with Crippen LogP contribution in [-0.2, 0) is 16.6 Å². The molecule has 118 valence electrons. The molecule has 5 nitrogen and oxygen atoms in total. The van der Waals surface area contributed by atoms with E-state index in [0.29, 0.717) is 16.6 Å². The highest BCUT2D eigenvalue weighted by Gasteiger charge is 2.40. The molecule has 0 aromatic heterocycles. The molecule has 2 N–H and O–H groups in total. The van der Waals surface area contributed by atoms with Crippen LogP contribution < -0.4 is 4.72 Å². The summed E-state index contributed by atoms with van der Waals surface area (Å²) in [5.74, 6) is 0. The van der Waals surface area contributed by atoms with Crippen LogP contribution in [0, 0.1) is 0 Å². The Labute approximate surface area is 134 Å². The lowest BCUT2D eigenvalue weighted by Crippen LogP contribution is -2.57. The summed E-state index contributed by atoms with van der Waals surface area (Å²) in [6, 6.07) is 4.76. The average Bonchev–Trinajstić information content (AvgIpc) is 2.36. The van der Waals surface area contributed by atoms with E-state index in [1.807, 2.05) is 14.1 Å². The van der Waals surface area contributed by atoms with Crippen molar-refractivity contribution in [3.05, 3.63) is 28.2 Å². The summed E-state index contributed by atoms with van der Waals surface area (Å²) in [6.07, 6.45) is 3.15. The van der Waals surface area contributed by atoms with E-state index in [2.05, 4.69) is 25.6 Å². The third kappa shape index (κ3) is 3.48. The van der Waals surface area contributed by atoms with Crippen LogP contribution in [0.2, 0.25) is 0 Å². The van der Waals surface area contributed by atoms with Gasteiger partial charge in [-0.3, -0.25) is 0 Å². The Balaban J connectivity index is 2.15. The van der Waals surface area contributed by atoms with Crippen molar-refractivity contribution in [2.75, 3.05) is 20.6 Å². The molecule has 0 spiro atoms. The van der Waals surface area contributed by atoms with Gasteiger partial charge in [-0.1, -0.05) is 6.07 Å². The summed E-state index contributed by atoms with van der Waals surface area (Å²) in [5.41, 5.74) is 0.606. The smallest absolute Gasteiger partial charge is 0.241 e. The predicted octanol–water partition coefficient (Wildman–Crippen LogP) is 1.70. The minimum Gasteiger partial charge on any atom is -0.392 e. The first kappa shape index (κ1) is 16.9. The highest BCUT2D eigenvalue weighted by atomic mass is 79.9. The minimum atomic E-state index is -3.56. The molecule has 1 aliphatic carbocycles. The molecule has 1 aliphatic rings. The second-order valence-electron chi connectivity index (χ2n) is 5.72. The summed E-state index contributed by atoms with van der Waals surface area (Å²) in [7, 11) is 0.407. The highest BCUT2D eigenvalue weighted by molar-refractivity contribution is 9.10. The predicted molar refractivity (Wildman–Crippen MR) is 85.5 cm³/mol. The number of nitrogens with one attached hydrogen (secondary N) is 1. The van der Waals surface area contributed by atoms with Crippen molar-refractivity contribution in [3.8, 4) is 0 Å². The van der Waals surface area contributed by atoms with Gasteiger partial charge in [0.1, 0.15) is 0 Å². The lowest BCUT2D eigenvalue weighted by atomic mass is 9.76. The maximum Gasteiger partial charge on any atom is 0.241 e. The Morgan fingerprint density at radius 3 is 2.48 bits per heavy atom. The molecule has 1 aromatic rings. The molecule has 1 aromatic carbocycles. The molecule has 1 saturated carbocycles. The van der Waals surface area contributed by atoms with Gasteiger partial charge >= 0.3 is 0 Å². The topological polar surface area (TPSA) is 69.6 Å². The van der Waals surface area contributed by atoms with Gasteiger partial charge in [0.2, 0.25) is 10.0 Å². The molecular formula is C14H21BrN2O3S. The summed E-state index contributed by atoms with van der Waals surface area (Å²) >= 11 is 3.26. The van der Waals surface area contributed by atoms with Gasteiger partial charge in [0.05, 0.1) is 11.5 Å². The summed E-state index contributed by atoms with van der Waals surface area (Å²) in [6.45, 7) is 0.298. The van der Waals surface area contributed by atoms with E-state index in [1.54, 1.807) is 12.1 Å². The Morgan fingerprint density at radius 1 is 1.38 bits per heavy atom. The molecular weight excluding hydrogens is 356 g/mol. The van der Waals surface area contributed by atoms with E-state index < -0.39 is 10.0 Å². The van der Waals surface area contributed by atoms with Crippen molar-refractivity contribution in [2.24, 2.45) is 0 Å². The normalized spacial score (nSPS) is 17.8. The summed E-state index contributed by atoms with van der Waals surface area (Å²) in [5, 5.41) is 9.07. The fourth-order valence-corrected chi connectivity index (χ4v) is 4.78. The first-order valence-electron chi connectivity index (χ1n) is 6.87. The van der Waals surface area contributed by atoms with E-state index in [-0.39, 0.29) is 17.0 Å². The fraction of sp³-hybridized carbons (Fsp3) is 0.571. The molecule has 0 saturated heterocycles. The van der Waals surface area contributed by atoms with Crippen LogP contribution in [0.5, 0.6) is 0 Å². The van der Waals surface area contributed by atoms with Gasteiger partial charge in [-0.2, -0.15) is 0 Å². The monoisotopic (exact) mass is 376 g/mol. The minimum absolute atomic E-state index is 0.0649. The quantitative estimate of drug-likeness (QED) is 0.792. The zero-order chi connectivity index (χ0) is 15.7. The lowest BCUT2D eigenvalue weighted by molar-refractivity contribution is 0.0657. The van der Waals surface area contributed by atoms with Gasteiger partial charge in [-0.05, 0) is 67.0 Å². The van der Waals surface area contributed by atoms with E-state index in [1.165, 1.54) is 6.07 Å². The number of nitrogens with zero attached hydrogens (tertiary/aromatic N) is 1. The standard InChI is InChI=1S/C14H21BrN2O3S/c1-17(2)14(6-3-7-14)10-16-21(19,20)13-5-4-11(9-18)8-12(13)15/h4-5,8,16,18H,3,6-7,9-10H2,1-2H3. The van der Waals surface area contributed by atoms with Gasteiger partial charge in [0, 0.05) is 16.6 Å². The number of benzene rings is 1. The molecule has 21 heavy (non-hydrogen) atoms. The number of hydrogen-bond donors (Lipinski definition) is 2. The molecule has 0 atom stereocenters. The SMILES string of the molecule is CN(C)C1(CNS(=O)(=O)c2ccc(CO)cc2Br)CCC1. The first-order chi connectivity index (χ1) is 9.81. The van der Waals surface area contributed by atoms with Crippen molar-refractivity contribution < 1.29 is 13.5 Å². The molecule has 0 unspecified atom stereocenters. The number of sulfonamides is 1. The number of aliphatic hydroxyl groups is 1. The molecule has 0 amide bonds.